The molecule has 0 heterocycles. The van der Waals surface area contributed by atoms with Gasteiger partial charge in [0, 0.05) is 5.02 Å². The lowest BCUT2D eigenvalue weighted by Gasteiger charge is -2.12. The molecule has 0 radical (unpaired) electrons. The molecule has 0 spiro atoms. The molecule has 21 heavy (non-hydrogen) atoms. The van der Waals surface area contributed by atoms with Crippen molar-refractivity contribution in [1.29, 1.82) is 0 Å². The van der Waals surface area contributed by atoms with E-state index in [1.165, 1.54) is 18.2 Å². The van der Waals surface area contributed by atoms with Crippen molar-refractivity contribution in [3.8, 4) is 0 Å². The summed E-state index contributed by atoms with van der Waals surface area (Å²) < 4.78 is 39.9. The molecule has 2 rings (SSSR count). The maximum atomic E-state index is 13.1. The molecule has 0 aliphatic rings. The van der Waals surface area contributed by atoms with Gasteiger partial charge >= 0.3 is 0 Å². The van der Waals surface area contributed by atoms with Crippen molar-refractivity contribution in [2.75, 3.05) is 10.5 Å². The van der Waals surface area contributed by atoms with E-state index in [0.717, 1.165) is 12.1 Å². The van der Waals surface area contributed by atoms with Gasteiger partial charge in [-0.1, -0.05) is 34.8 Å². The highest BCUT2D eigenvalue weighted by molar-refractivity contribution is 7.93. The quantitative estimate of drug-likeness (QED) is 0.798. The zero-order valence-electron chi connectivity index (χ0n) is 10.2. The van der Waals surface area contributed by atoms with Gasteiger partial charge in [-0.15, -0.1) is 0 Å². The van der Waals surface area contributed by atoms with Crippen LogP contribution in [-0.2, 0) is 10.0 Å². The lowest BCUT2D eigenvalue weighted by molar-refractivity contribution is 0.601. The lowest BCUT2D eigenvalue weighted by Crippen LogP contribution is -2.15. The van der Waals surface area contributed by atoms with Crippen molar-refractivity contribution in [2.24, 2.45) is 0 Å². The minimum absolute atomic E-state index is 0.0758. The van der Waals surface area contributed by atoms with Crippen LogP contribution in [-0.4, -0.2) is 8.42 Å². The summed E-state index contributed by atoms with van der Waals surface area (Å²) in [5.74, 6) is -0.663. The molecule has 0 aliphatic carbocycles. The van der Waals surface area contributed by atoms with Crippen molar-refractivity contribution in [1.82, 2.24) is 0 Å². The summed E-state index contributed by atoms with van der Waals surface area (Å²) in [6.07, 6.45) is 0. The fourth-order valence-electron chi connectivity index (χ4n) is 1.63. The Morgan fingerprint density at radius 3 is 2.29 bits per heavy atom. The molecule has 0 aromatic heterocycles. The van der Waals surface area contributed by atoms with Gasteiger partial charge < -0.3 is 5.73 Å². The van der Waals surface area contributed by atoms with Gasteiger partial charge in [-0.3, -0.25) is 4.72 Å². The lowest BCUT2D eigenvalue weighted by atomic mass is 10.3. The first-order chi connectivity index (χ1) is 9.70. The summed E-state index contributed by atoms with van der Waals surface area (Å²) in [4.78, 5) is -0.311. The van der Waals surface area contributed by atoms with Gasteiger partial charge in [-0.25, -0.2) is 12.8 Å². The molecular weight excluding hydrogens is 362 g/mol. The minimum atomic E-state index is -4.07. The zero-order chi connectivity index (χ0) is 15.8. The molecular formula is C12H8Cl3FN2O2S. The fourth-order valence-corrected chi connectivity index (χ4v) is 3.85. The number of nitrogens with two attached hydrogens (primary N) is 1. The third-order valence-corrected chi connectivity index (χ3v) is 4.89. The van der Waals surface area contributed by atoms with Gasteiger partial charge in [0.1, 0.15) is 10.7 Å². The first-order valence-electron chi connectivity index (χ1n) is 5.43. The van der Waals surface area contributed by atoms with Crippen molar-refractivity contribution in [3.63, 3.8) is 0 Å². The van der Waals surface area contributed by atoms with Crippen LogP contribution in [0, 0.1) is 5.82 Å². The Hall–Kier alpha value is -1.21. The molecule has 9 heteroatoms. The number of halogens is 4. The van der Waals surface area contributed by atoms with Crippen LogP contribution in [0.15, 0.2) is 35.2 Å². The Labute approximate surface area is 135 Å². The van der Waals surface area contributed by atoms with E-state index in [9.17, 15) is 12.8 Å². The van der Waals surface area contributed by atoms with Gasteiger partial charge in [0.05, 0.1) is 21.4 Å². The SMILES string of the molecule is Nc1cc(Cl)cc(Cl)c1S(=O)(=O)Nc1ccc(F)c(Cl)c1. The van der Waals surface area contributed by atoms with Crippen LogP contribution in [0.1, 0.15) is 0 Å². The highest BCUT2D eigenvalue weighted by Gasteiger charge is 2.22. The molecule has 0 saturated heterocycles. The standard InChI is InChI=1S/C12H8Cl3FN2O2S/c13-6-3-9(15)12(11(17)4-6)21(19,20)18-7-1-2-10(16)8(14)5-7/h1-5,18H,17H2. The van der Waals surface area contributed by atoms with E-state index < -0.39 is 15.8 Å². The number of anilines is 2. The van der Waals surface area contributed by atoms with Crippen LogP contribution >= 0.6 is 34.8 Å². The maximum Gasteiger partial charge on any atom is 0.265 e. The van der Waals surface area contributed by atoms with Crippen molar-refractivity contribution in [2.45, 2.75) is 4.90 Å². The van der Waals surface area contributed by atoms with Crippen LogP contribution in [0.4, 0.5) is 15.8 Å². The number of hydrogen-bond donors (Lipinski definition) is 2. The Morgan fingerprint density at radius 2 is 1.71 bits per heavy atom. The van der Waals surface area contributed by atoms with Crippen LogP contribution in [0.2, 0.25) is 15.1 Å². The van der Waals surface area contributed by atoms with E-state index in [1.54, 1.807) is 0 Å². The van der Waals surface area contributed by atoms with E-state index >= 15 is 0 Å². The second-order valence-corrected chi connectivity index (χ2v) is 6.91. The highest BCUT2D eigenvalue weighted by Crippen LogP contribution is 2.32. The second kappa shape index (κ2) is 5.88. The number of sulfonamides is 1. The number of benzene rings is 2. The normalized spacial score (nSPS) is 11.4. The summed E-state index contributed by atoms with van der Waals surface area (Å²) in [7, 11) is -4.07. The number of nitrogen functional groups attached to an aromatic ring is 1. The summed E-state index contributed by atoms with van der Waals surface area (Å²) >= 11 is 17.2. The molecule has 0 fully saturated rings. The van der Waals surface area contributed by atoms with E-state index in [-0.39, 0.29) is 31.3 Å². The molecule has 4 nitrogen and oxygen atoms in total. The predicted molar refractivity (Wildman–Crippen MR) is 83.1 cm³/mol. The Morgan fingerprint density at radius 1 is 1.05 bits per heavy atom. The Bertz CT molecular complexity index is 789. The molecule has 2 aromatic rings. The maximum absolute atomic E-state index is 13.1. The summed E-state index contributed by atoms with van der Waals surface area (Å²) in [6.45, 7) is 0. The van der Waals surface area contributed by atoms with E-state index in [0.29, 0.717) is 0 Å². The van der Waals surface area contributed by atoms with Crippen LogP contribution < -0.4 is 10.5 Å². The molecule has 0 aliphatic heterocycles. The number of rotatable bonds is 3. The average Bonchev–Trinajstić information content (AvgIpc) is 2.31. The third kappa shape index (κ3) is 3.52. The average molecular weight is 370 g/mol. The first-order valence-corrected chi connectivity index (χ1v) is 8.05. The molecule has 2 aromatic carbocycles. The predicted octanol–water partition coefficient (Wildman–Crippen LogP) is 4.17. The van der Waals surface area contributed by atoms with Gasteiger partial charge in [0.15, 0.2) is 0 Å². The third-order valence-electron chi connectivity index (χ3n) is 2.48. The molecule has 0 saturated carbocycles. The first kappa shape index (κ1) is 16.2. The summed E-state index contributed by atoms with van der Waals surface area (Å²) in [5, 5.41) is -0.132. The van der Waals surface area contributed by atoms with Gasteiger partial charge in [-0.05, 0) is 30.3 Å². The summed E-state index contributed by atoms with van der Waals surface area (Å²) in [5.41, 5.74) is 5.61. The molecule has 0 atom stereocenters. The van der Waals surface area contributed by atoms with Crippen molar-refractivity contribution < 1.29 is 12.8 Å². The van der Waals surface area contributed by atoms with Gasteiger partial charge in [0.25, 0.3) is 10.0 Å². The van der Waals surface area contributed by atoms with E-state index in [2.05, 4.69) is 4.72 Å². The summed E-state index contributed by atoms with van der Waals surface area (Å²) in [6, 6.07) is 5.91. The van der Waals surface area contributed by atoms with Crippen molar-refractivity contribution >= 4 is 56.2 Å². The van der Waals surface area contributed by atoms with E-state index in [4.69, 9.17) is 40.5 Å². The molecule has 112 valence electrons. The van der Waals surface area contributed by atoms with Crippen LogP contribution in [0.25, 0.3) is 0 Å². The van der Waals surface area contributed by atoms with Crippen molar-refractivity contribution in [3.05, 3.63) is 51.2 Å². The minimum Gasteiger partial charge on any atom is -0.398 e. The topological polar surface area (TPSA) is 72.2 Å². The smallest absolute Gasteiger partial charge is 0.265 e. The molecule has 0 unspecified atom stereocenters. The monoisotopic (exact) mass is 368 g/mol. The van der Waals surface area contributed by atoms with E-state index in [1.807, 2.05) is 0 Å². The second-order valence-electron chi connectivity index (χ2n) is 4.04. The van der Waals surface area contributed by atoms with Gasteiger partial charge in [-0.2, -0.15) is 0 Å². The Kier molecular flexibility index (Phi) is 4.53. The van der Waals surface area contributed by atoms with Gasteiger partial charge in [0.2, 0.25) is 0 Å². The number of nitrogens with one attached hydrogen (secondary N) is 1. The van der Waals surface area contributed by atoms with Crippen LogP contribution in [0.5, 0.6) is 0 Å². The van der Waals surface area contributed by atoms with Crippen LogP contribution in [0.3, 0.4) is 0 Å². The largest absolute Gasteiger partial charge is 0.398 e. The fraction of sp³-hybridized carbons (Fsp3) is 0. The highest BCUT2D eigenvalue weighted by atomic mass is 35.5. The number of hydrogen-bond acceptors (Lipinski definition) is 3. The molecule has 0 bridgehead atoms. The molecule has 3 N–H and O–H groups in total. The Balaban J connectivity index is 2.46. The zero-order valence-corrected chi connectivity index (χ0v) is 13.3. The molecule has 0 amide bonds.